The van der Waals surface area contributed by atoms with Gasteiger partial charge in [0.25, 0.3) is 0 Å². The van der Waals surface area contributed by atoms with E-state index in [4.69, 9.17) is 5.26 Å². The molecule has 0 aliphatic carbocycles. The maximum atomic E-state index is 12.0. The number of hydrogen-bond donors (Lipinski definition) is 1. The molecule has 0 fully saturated rings. The minimum atomic E-state index is -3.34. The lowest BCUT2D eigenvalue weighted by Gasteiger charge is -2.01. The molecule has 0 bridgehead atoms. The van der Waals surface area contributed by atoms with Crippen LogP contribution in [0.15, 0.2) is 22.5 Å². The molecular weight excluding hydrogens is 310 g/mol. The van der Waals surface area contributed by atoms with E-state index in [0.717, 1.165) is 11.3 Å². The number of rotatable bonds is 5. The van der Waals surface area contributed by atoms with Crippen LogP contribution in [0.3, 0.4) is 0 Å². The summed E-state index contributed by atoms with van der Waals surface area (Å²) >= 11 is 1.08. The Labute approximate surface area is 126 Å². The zero-order valence-corrected chi connectivity index (χ0v) is 12.9. The quantitative estimate of drug-likeness (QED) is 0.910. The molecular formula is C13H13N3O3S2. The topological polar surface area (TPSA) is 99.9 Å². The Bertz CT molecular complexity index is 819. The molecule has 2 aromatic rings. The second kappa shape index (κ2) is 6.20. The van der Waals surface area contributed by atoms with Crippen LogP contribution in [0.25, 0.3) is 10.2 Å². The number of amides is 1. The standard InChI is InChI=1S/C13H13N3O3S2/c1-2-7-21(18,19)13-16-10-4-3-9(8-11(10)20-13)15-12(17)5-6-14/h3-4,8H,2,5,7H2,1H3,(H,15,17). The molecule has 21 heavy (non-hydrogen) atoms. The van der Waals surface area contributed by atoms with Crippen molar-refractivity contribution in [2.45, 2.75) is 24.1 Å². The minimum absolute atomic E-state index is 0.0680. The van der Waals surface area contributed by atoms with Crippen molar-refractivity contribution in [3.05, 3.63) is 18.2 Å². The van der Waals surface area contributed by atoms with Crippen molar-refractivity contribution in [3.63, 3.8) is 0 Å². The molecule has 1 aromatic heterocycles. The highest BCUT2D eigenvalue weighted by Gasteiger charge is 2.18. The van der Waals surface area contributed by atoms with Gasteiger partial charge in [-0.15, -0.1) is 11.3 Å². The van der Waals surface area contributed by atoms with Gasteiger partial charge in [-0.05, 0) is 24.6 Å². The molecule has 0 spiro atoms. The van der Waals surface area contributed by atoms with E-state index in [2.05, 4.69) is 10.3 Å². The van der Waals surface area contributed by atoms with Crippen molar-refractivity contribution in [2.24, 2.45) is 0 Å². The highest BCUT2D eigenvalue weighted by atomic mass is 32.2. The van der Waals surface area contributed by atoms with Gasteiger partial charge in [0, 0.05) is 5.69 Å². The number of aromatic nitrogens is 1. The number of sulfone groups is 1. The SMILES string of the molecule is CCCS(=O)(=O)c1nc2ccc(NC(=O)CC#N)cc2s1. The Balaban J connectivity index is 2.33. The second-order valence-corrected chi connectivity index (χ2v) is 7.68. The molecule has 110 valence electrons. The molecule has 8 heteroatoms. The Morgan fingerprint density at radius 1 is 1.48 bits per heavy atom. The van der Waals surface area contributed by atoms with Gasteiger partial charge >= 0.3 is 0 Å². The predicted octanol–water partition coefficient (Wildman–Crippen LogP) is 2.33. The molecule has 2 rings (SSSR count). The van der Waals surface area contributed by atoms with Crippen molar-refractivity contribution < 1.29 is 13.2 Å². The van der Waals surface area contributed by atoms with Crippen molar-refractivity contribution in [3.8, 4) is 6.07 Å². The fourth-order valence-electron chi connectivity index (χ4n) is 1.75. The molecule has 1 heterocycles. The summed E-state index contributed by atoms with van der Waals surface area (Å²) in [4.78, 5) is 15.5. The third kappa shape index (κ3) is 3.56. The number of fused-ring (bicyclic) bond motifs is 1. The third-order valence-electron chi connectivity index (χ3n) is 2.63. The average Bonchev–Trinajstić information content (AvgIpc) is 2.82. The van der Waals surface area contributed by atoms with E-state index in [1.165, 1.54) is 0 Å². The normalized spacial score (nSPS) is 11.2. The van der Waals surface area contributed by atoms with Gasteiger partial charge in [-0.25, -0.2) is 13.4 Å². The van der Waals surface area contributed by atoms with Gasteiger partial charge in [0.2, 0.25) is 20.1 Å². The van der Waals surface area contributed by atoms with Crippen LogP contribution in [0.4, 0.5) is 5.69 Å². The third-order valence-corrected chi connectivity index (χ3v) is 6.02. The van der Waals surface area contributed by atoms with E-state index < -0.39 is 15.7 Å². The Hall–Kier alpha value is -1.98. The first kappa shape index (κ1) is 15.4. The molecule has 0 aliphatic rings. The van der Waals surface area contributed by atoms with Crippen molar-refractivity contribution in [1.82, 2.24) is 4.98 Å². The number of thiazole rings is 1. The van der Waals surface area contributed by atoms with Crippen LogP contribution in [-0.2, 0) is 14.6 Å². The van der Waals surface area contributed by atoms with Crippen molar-refractivity contribution in [1.29, 1.82) is 5.26 Å². The first-order valence-corrected chi connectivity index (χ1v) is 8.73. The lowest BCUT2D eigenvalue weighted by molar-refractivity contribution is -0.115. The van der Waals surface area contributed by atoms with Crippen LogP contribution < -0.4 is 5.32 Å². The number of benzene rings is 1. The van der Waals surface area contributed by atoms with Gasteiger partial charge < -0.3 is 5.32 Å². The molecule has 0 unspecified atom stereocenters. The second-order valence-electron chi connectivity index (χ2n) is 4.36. The molecule has 0 atom stereocenters. The smallest absolute Gasteiger partial charge is 0.238 e. The van der Waals surface area contributed by atoms with E-state index in [-0.39, 0.29) is 16.5 Å². The Morgan fingerprint density at radius 3 is 2.90 bits per heavy atom. The summed E-state index contributed by atoms with van der Waals surface area (Å²) in [5.74, 6) is -0.335. The minimum Gasteiger partial charge on any atom is -0.325 e. The summed E-state index contributed by atoms with van der Waals surface area (Å²) in [6.07, 6.45) is 0.310. The van der Waals surface area contributed by atoms with E-state index in [1.807, 2.05) is 0 Å². The molecule has 0 saturated carbocycles. The van der Waals surface area contributed by atoms with Gasteiger partial charge in [0.1, 0.15) is 6.42 Å². The van der Waals surface area contributed by atoms with Gasteiger partial charge in [-0.1, -0.05) is 6.92 Å². The van der Waals surface area contributed by atoms with Crippen LogP contribution in [0.1, 0.15) is 19.8 Å². The monoisotopic (exact) mass is 323 g/mol. The number of nitrogens with zero attached hydrogens (tertiary/aromatic N) is 2. The van der Waals surface area contributed by atoms with Crippen molar-refractivity contribution in [2.75, 3.05) is 11.1 Å². The molecule has 6 nitrogen and oxygen atoms in total. The summed E-state index contributed by atoms with van der Waals surface area (Å²) in [5, 5.41) is 11.0. The van der Waals surface area contributed by atoms with Crippen LogP contribution in [0, 0.1) is 11.3 Å². The van der Waals surface area contributed by atoms with Crippen molar-refractivity contribution >= 4 is 43.0 Å². The largest absolute Gasteiger partial charge is 0.325 e. The van der Waals surface area contributed by atoms with Crippen LogP contribution in [0.5, 0.6) is 0 Å². The highest BCUT2D eigenvalue weighted by Crippen LogP contribution is 2.28. The summed E-state index contributed by atoms with van der Waals surface area (Å²) in [6, 6.07) is 6.71. The summed E-state index contributed by atoms with van der Waals surface area (Å²) in [7, 11) is -3.34. The first-order valence-electron chi connectivity index (χ1n) is 6.26. The van der Waals surface area contributed by atoms with Gasteiger partial charge in [0.05, 0.1) is 22.0 Å². The summed E-state index contributed by atoms with van der Waals surface area (Å²) < 4.78 is 24.8. The Morgan fingerprint density at radius 2 is 2.24 bits per heavy atom. The molecule has 1 aromatic carbocycles. The zero-order chi connectivity index (χ0) is 15.5. The van der Waals surface area contributed by atoms with Gasteiger partial charge in [0.15, 0.2) is 0 Å². The maximum absolute atomic E-state index is 12.0. The fraction of sp³-hybridized carbons (Fsp3) is 0.308. The van der Waals surface area contributed by atoms with Gasteiger partial charge in [-0.3, -0.25) is 4.79 Å². The number of nitrogens with one attached hydrogen (secondary N) is 1. The molecule has 1 amide bonds. The maximum Gasteiger partial charge on any atom is 0.238 e. The van der Waals surface area contributed by atoms with E-state index in [0.29, 0.717) is 22.3 Å². The number of carbonyl (C=O) groups is 1. The van der Waals surface area contributed by atoms with Crippen LogP contribution >= 0.6 is 11.3 Å². The molecule has 1 N–H and O–H groups in total. The molecule has 0 radical (unpaired) electrons. The van der Waals surface area contributed by atoms with Crippen LogP contribution in [-0.4, -0.2) is 25.1 Å². The zero-order valence-electron chi connectivity index (χ0n) is 11.3. The summed E-state index contributed by atoms with van der Waals surface area (Å²) in [6.45, 7) is 1.80. The number of nitriles is 1. The molecule has 0 saturated heterocycles. The first-order chi connectivity index (χ1) is 9.96. The van der Waals surface area contributed by atoms with Crippen LogP contribution in [0.2, 0.25) is 0 Å². The lowest BCUT2D eigenvalue weighted by atomic mass is 10.3. The number of anilines is 1. The van der Waals surface area contributed by atoms with E-state index in [9.17, 15) is 13.2 Å². The highest BCUT2D eigenvalue weighted by molar-refractivity contribution is 7.93. The number of carbonyl (C=O) groups excluding carboxylic acids is 1. The summed E-state index contributed by atoms with van der Waals surface area (Å²) in [5.41, 5.74) is 1.10. The van der Waals surface area contributed by atoms with E-state index in [1.54, 1.807) is 31.2 Å². The lowest BCUT2D eigenvalue weighted by Crippen LogP contribution is -2.09. The Kier molecular flexibility index (Phi) is 4.55. The predicted molar refractivity (Wildman–Crippen MR) is 80.8 cm³/mol. The number of hydrogen-bond acceptors (Lipinski definition) is 6. The molecule has 0 aliphatic heterocycles. The fourth-order valence-corrected chi connectivity index (χ4v) is 4.46. The average molecular weight is 323 g/mol. The van der Waals surface area contributed by atoms with Gasteiger partial charge in [-0.2, -0.15) is 5.26 Å². The van der Waals surface area contributed by atoms with E-state index >= 15 is 0 Å².